The van der Waals surface area contributed by atoms with Crippen LogP contribution < -0.4 is 0 Å². The Hall–Kier alpha value is -0.880. The lowest BCUT2D eigenvalue weighted by atomic mass is 9.92. The molecule has 0 aliphatic heterocycles. The van der Waals surface area contributed by atoms with E-state index in [1.54, 1.807) is 0 Å². The Bertz CT molecular complexity index is 255. The zero-order valence-electron chi connectivity index (χ0n) is 9.70. The Morgan fingerprint density at radius 3 is 2.87 bits per heavy atom. The van der Waals surface area contributed by atoms with E-state index in [4.69, 9.17) is 5.26 Å². The highest BCUT2D eigenvalue weighted by atomic mass is 16.1. The van der Waals surface area contributed by atoms with Crippen LogP contribution in [0.4, 0.5) is 0 Å². The van der Waals surface area contributed by atoms with Gasteiger partial charge >= 0.3 is 0 Å². The first-order valence-corrected chi connectivity index (χ1v) is 5.79. The van der Waals surface area contributed by atoms with Crippen molar-refractivity contribution >= 4 is 5.78 Å². The van der Waals surface area contributed by atoms with Gasteiger partial charge in [0.1, 0.15) is 5.78 Å². The molecular weight excluding hydrogens is 188 g/mol. The summed E-state index contributed by atoms with van der Waals surface area (Å²) >= 11 is 0. The first kappa shape index (κ1) is 12.2. The number of hydrogen-bond donors (Lipinski definition) is 0. The minimum absolute atomic E-state index is 0.375. The maximum Gasteiger partial charge on any atom is 0.134 e. The number of carbonyl (C=O) groups is 1. The average molecular weight is 208 g/mol. The lowest BCUT2D eigenvalue weighted by Crippen LogP contribution is -2.43. The molecule has 1 unspecified atom stereocenters. The smallest absolute Gasteiger partial charge is 0.134 e. The quantitative estimate of drug-likeness (QED) is 0.710. The second kappa shape index (κ2) is 5.87. The standard InChI is InChI=1S/C12H20N2O/c1-10(2)14(8-4-7-13)11-5-3-6-12(15)9-11/h10-11H,3-6,8-9H2,1-2H3. The monoisotopic (exact) mass is 208 g/mol. The van der Waals surface area contributed by atoms with Gasteiger partial charge < -0.3 is 0 Å². The molecule has 15 heavy (non-hydrogen) atoms. The van der Waals surface area contributed by atoms with E-state index in [1.165, 1.54) is 0 Å². The van der Waals surface area contributed by atoms with Crippen molar-refractivity contribution in [3.8, 4) is 6.07 Å². The highest BCUT2D eigenvalue weighted by Crippen LogP contribution is 2.22. The van der Waals surface area contributed by atoms with Crippen LogP contribution in [-0.2, 0) is 4.79 Å². The maximum atomic E-state index is 11.4. The summed E-state index contributed by atoms with van der Waals surface area (Å²) in [5.74, 6) is 0.383. The summed E-state index contributed by atoms with van der Waals surface area (Å²) in [6.07, 6.45) is 4.11. The zero-order chi connectivity index (χ0) is 11.3. The zero-order valence-corrected chi connectivity index (χ0v) is 9.70. The van der Waals surface area contributed by atoms with Crippen LogP contribution >= 0.6 is 0 Å². The molecule has 0 radical (unpaired) electrons. The summed E-state index contributed by atoms with van der Waals surface area (Å²) < 4.78 is 0. The summed E-state index contributed by atoms with van der Waals surface area (Å²) in [6, 6.07) is 2.98. The molecule has 0 N–H and O–H groups in total. The molecule has 0 aromatic carbocycles. The van der Waals surface area contributed by atoms with Gasteiger partial charge in [0.15, 0.2) is 0 Å². The van der Waals surface area contributed by atoms with Gasteiger partial charge in [-0.1, -0.05) is 0 Å². The van der Waals surface area contributed by atoms with Gasteiger partial charge in [-0.2, -0.15) is 5.26 Å². The molecule has 1 atom stereocenters. The highest BCUT2D eigenvalue weighted by Gasteiger charge is 2.26. The molecule has 0 heterocycles. The maximum absolute atomic E-state index is 11.4. The van der Waals surface area contributed by atoms with E-state index >= 15 is 0 Å². The lowest BCUT2D eigenvalue weighted by molar-refractivity contribution is -0.122. The first-order chi connectivity index (χ1) is 7.15. The molecule has 0 amide bonds. The Labute approximate surface area is 92.1 Å². The first-order valence-electron chi connectivity index (χ1n) is 5.79. The number of nitrogens with zero attached hydrogens (tertiary/aromatic N) is 2. The molecule has 1 fully saturated rings. The molecule has 0 aromatic rings. The minimum Gasteiger partial charge on any atom is -0.300 e. The number of rotatable bonds is 4. The predicted octanol–water partition coefficient (Wildman–Crippen LogP) is 2.12. The van der Waals surface area contributed by atoms with Gasteiger partial charge in [0.05, 0.1) is 6.07 Å². The van der Waals surface area contributed by atoms with Crippen molar-refractivity contribution in [3.05, 3.63) is 0 Å². The molecule has 84 valence electrons. The van der Waals surface area contributed by atoms with E-state index < -0.39 is 0 Å². The fourth-order valence-electron chi connectivity index (χ4n) is 2.33. The summed E-state index contributed by atoms with van der Waals surface area (Å²) in [5, 5.41) is 8.60. The summed E-state index contributed by atoms with van der Waals surface area (Å²) in [7, 11) is 0. The van der Waals surface area contributed by atoms with Crippen LogP contribution in [0.15, 0.2) is 0 Å². The van der Waals surface area contributed by atoms with Gasteiger partial charge in [-0.25, -0.2) is 0 Å². The molecule has 3 heteroatoms. The van der Waals surface area contributed by atoms with Crippen molar-refractivity contribution in [2.75, 3.05) is 6.54 Å². The Morgan fingerprint density at radius 1 is 1.60 bits per heavy atom. The van der Waals surface area contributed by atoms with Gasteiger partial charge in [0, 0.05) is 37.9 Å². The molecule has 0 spiro atoms. The van der Waals surface area contributed by atoms with E-state index in [0.29, 0.717) is 30.7 Å². The van der Waals surface area contributed by atoms with Crippen molar-refractivity contribution in [1.82, 2.24) is 4.90 Å². The van der Waals surface area contributed by atoms with Gasteiger partial charge in [-0.05, 0) is 26.7 Å². The van der Waals surface area contributed by atoms with Gasteiger partial charge in [0.2, 0.25) is 0 Å². The number of nitriles is 1. The lowest BCUT2D eigenvalue weighted by Gasteiger charge is -2.36. The van der Waals surface area contributed by atoms with Crippen LogP contribution in [0.3, 0.4) is 0 Å². The Morgan fingerprint density at radius 2 is 2.33 bits per heavy atom. The van der Waals surface area contributed by atoms with Crippen molar-refractivity contribution in [1.29, 1.82) is 5.26 Å². The van der Waals surface area contributed by atoms with Crippen molar-refractivity contribution in [2.45, 2.75) is 58.0 Å². The normalized spacial score (nSPS) is 22.1. The number of carbonyl (C=O) groups excluding carboxylic acids is 1. The second-order valence-corrected chi connectivity index (χ2v) is 4.53. The van der Waals surface area contributed by atoms with Crippen LogP contribution in [0.5, 0.6) is 0 Å². The third-order valence-electron chi connectivity index (χ3n) is 3.07. The molecule has 1 aliphatic rings. The van der Waals surface area contributed by atoms with Gasteiger partial charge in [0.25, 0.3) is 0 Å². The molecule has 0 saturated heterocycles. The van der Waals surface area contributed by atoms with Crippen molar-refractivity contribution in [3.63, 3.8) is 0 Å². The van der Waals surface area contributed by atoms with Crippen LogP contribution in [0.2, 0.25) is 0 Å². The minimum atomic E-state index is 0.375. The second-order valence-electron chi connectivity index (χ2n) is 4.53. The predicted molar refractivity (Wildman–Crippen MR) is 59.3 cm³/mol. The molecule has 0 aromatic heterocycles. The SMILES string of the molecule is CC(C)N(CCC#N)C1CCCC(=O)C1. The van der Waals surface area contributed by atoms with Gasteiger partial charge in [-0.3, -0.25) is 9.69 Å². The van der Waals surface area contributed by atoms with E-state index in [0.717, 1.165) is 25.8 Å². The largest absolute Gasteiger partial charge is 0.300 e. The molecule has 1 rings (SSSR count). The number of hydrogen-bond acceptors (Lipinski definition) is 3. The number of ketones is 1. The molecule has 0 bridgehead atoms. The topological polar surface area (TPSA) is 44.1 Å². The molecule has 1 aliphatic carbocycles. The molecule has 3 nitrogen and oxygen atoms in total. The van der Waals surface area contributed by atoms with Crippen LogP contribution in [-0.4, -0.2) is 29.3 Å². The fraction of sp³-hybridized carbons (Fsp3) is 0.833. The van der Waals surface area contributed by atoms with Crippen LogP contribution in [0.25, 0.3) is 0 Å². The Kier molecular flexibility index (Phi) is 4.77. The van der Waals surface area contributed by atoms with Crippen LogP contribution in [0, 0.1) is 11.3 Å². The fourth-order valence-corrected chi connectivity index (χ4v) is 2.33. The van der Waals surface area contributed by atoms with E-state index in [1.807, 2.05) is 0 Å². The van der Waals surface area contributed by atoms with Crippen molar-refractivity contribution in [2.24, 2.45) is 0 Å². The van der Waals surface area contributed by atoms with E-state index in [-0.39, 0.29) is 0 Å². The van der Waals surface area contributed by atoms with Crippen LogP contribution in [0.1, 0.15) is 46.0 Å². The third kappa shape index (κ3) is 3.64. The molecule has 1 saturated carbocycles. The Balaban J connectivity index is 2.54. The van der Waals surface area contributed by atoms with Crippen molar-refractivity contribution < 1.29 is 4.79 Å². The third-order valence-corrected chi connectivity index (χ3v) is 3.07. The van der Waals surface area contributed by atoms with E-state index in [9.17, 15) is 4.79 Å². The molecular formula is C12H20N2O. The average Bonchev–Trinajstić information content (AvgIpc) is 2.18. The highest BCUT2D eigenvalue weighted by molar-refractivity contribution is 5.79. The summed E-state index contributed by atoms with van der Waals surface area (Å²) in [5.41, 5.74) is 0. The van der Waals surface area contributed by atoms with E-state index in [2.05, 4.69) is 24.8 Å². The summed E-state index contributed by atoms with van der Waals surface area (Å²) in [4.78, 5) is 13.7. The summed E-state index contributed by atoms with van der Waals surface area (Å²) in [6.45, 7) is 5.07. The number of Topliss-reactive ketones (excluding diaryl/α,β-unsaturated/α-hetero) is 1. The van der Waals surface area contributed by atoms with Gasteiger partial charge in [-0.15, -0.1) is 0 Å².